The largest absolute Gasteiger partial charge is 0.390 e. The van der Waals surface area contributed by atoms with Crippen LogP contribution in [0.1, 0.15) is 116 Å². The summed E-state index contributed by atoms with van der Waals surface area (Å²) in [5.74, 6) is 3.95. The molecule has 3 saturated carbocycles. The predicted molar refractivity (Wildman–Crippen MR) is 145 cm³/mol. The molecule has 0 heterocycles. The molecule has 9 atom stereocenters. The number of benzene rings is 1. The van der Waals surface area contributed by atoms with E-state index in [0.29, 0.717) is 16.7 Å². The van der Waals surface area contributed by atoms with Crippen molar-refractivity contribution >= 4 is 0 Å². The van der Waals surface area contributed by atoms with Crippen molar-refractivity contribution in [3.63, 3.8) is 0 Å². The molecule has 0 saturated heterocycles. The van der Waals surface area contributed by atoms with Gasteiger partial charge in [0.15, 0.2) is 0 Å². The zero-order chi connectivity index (χ0) is 24.8. The van der Waals surface area contributed by atoms with Crippen molar-refractivity contribution in [2.24, 2.45) is 40.4 Å². The highest BCUT2D eigenvalue weighted by Gasteiger charge is 2.59. The van der Waals surface area contributed by atoms with Crippen LogP contribution in [-0.2, 0) is 0 Å². The minimum absolute atomic E-state index is 0.299. The van der Waals surface area contributed by atoms with E-state index in [-0.39, 0.29) is 6.10 Å². The molecule has 1 aromatic rings. The molecule has 5 rings (SSSR count). The molecule has 0 spiro atoms. The van der Waals surface area contributed by atoms with E-state index in [1.54, 1.807) is 5.57 Å². The maximum Gasteiger partial charge on any atom is 0.0790 e. The highest BCUT2D eigenvalue weighted by molar-refractivity contribution is 5.25. The highest BCUT2D eigenvalue weighted by atomic mass is 16.3. The summed E-state index contributed by atoms with van der Waals surface area (Å²) in [6.45, 7) is 9.85. The van der Waals surface area contributed by atoms with E-state index in [0.717, 1.165) is 61.3 Å². The van der Waals surface area contributed by atoms with E-state index in [2.05, 4.69) is 45.9 Å². The lowest BCUT2D eigenvalue weighted by Gasteiger charge is -2.56. The summed E-state index contributed by atoms with van der Waals surface area (Å²) in [7, 11) is 0. The number of aliphatic hydroxyl groups excluding tert-OH is 1. The first-order valence-electron chi connectivity index (χ1n) is 14.8. The average molecular weight is 479 g/mol. The highest BCUT2D eigenvalue weighted by Crippen LogP contribution is 2.67. The van der Waals surface area contributed by atoms with Crippen LogP contribution in [0.25, 0.3) is 0 Å². The zero-order valence-electron chi connectivity index (χ0n) is 22.8. The summed E-state index contributed by atoms with van der Waals surface area (Å²) in [5.41, 5.74) is 2.95. The molecule has 194 valence electrons. The third kappa shape index (κ3) is 4.46. The average Bonchev–Trinajstić information content (AvgIpc) is 3.15. The number of hydrogen-bond donors (Lipinski definition) is 2. The van der Waals surface area contributed by atoms with Crippen molar-refractivity contribution in [2.75, 3.05) is 0 Å². The number of aliphatic hydroxyl groups is 2. The van der Waals surface area contributed by atoms with Crippen LogP contribution in [0.4, 0.5) is 0 Å². The first kappa shape index (κ1) is 25.5. The molecule has 0 aromatic heterocycles. The van der Waals surface area contributed by atoms with E-state index in [1.807, 2.05) is 18.2 Å². The first-order chi connectivity index (χ1) is 16.7. The molecular formula is C33H50O2. The van der Waals surface area contributed by atoms with E-state index in [4.69, 9.17) is 0 Å². The third-order valence-electron chi connectivity index (χ3n) is 12.0. The maximum absolute atomic E-state index is 11.1. The minimum atomic E-state index is -0.466. The van der Waals surface area contributed by atoms with Gasteiger partial charge >= 0.3 is 0 Å². The Hall–Kier alpha value is -1.12. The monoisotopic (exact) mass is 478 g/mol. The van der Waals surface area contributed by atoms with Crippen molar-refractivity contribution in [1.29, 1.82) is 0 Å². The Bertz CT molecular complexity index is 907. The second-order valence-electron chi connectivity index (χ2n) is 13.6. The summed E-state index contributed by atoms with van der Waals surface area (Å²) in [6, 6.07) is 10.2. The molecule has 2 nitrogen and oxygen atoms in total. The summed E-state index contributed by atoms with van der Waals surface area (Å²) in [4.78, 5) is 0. The fourth-order valence-corrected chi connectivity index (χ4v) is 9.70. The molecule has 3 fully saturated rings. The van der Waals surface area contributed by atoms with Crippen molar-refractivity contribution in [3.05, 3.63) is 47.5 Å². The molecule has 2 N–H and O–H groups in total. The predicted octanol–water partition coefficient (Wildman–Crippen LogP) is 8.25. The van der Waals surface area contributed by atoms with Crippen molar-refractivity contribution in [1.82, 2.24) is 0 Å². The molecule has 0 aliphatic heterocycles. The summed E-state index contributed by atoms with van der Waals surface area (Å²) in [6.07, 6.45) is 16.2. The molecule has 0 bridgehead atoms. The van der Waals surface area contributed by atoms with Crippen LogP contribution in [0.15, 0.2) is 42.0 Å². The fourth-order valence-electron chi connectivity index (χ4n) is 9.70. The Labute approximate surface area is 214 Å². The van der Waals surface area contributed by atoms with E-state index in [9.17, 15) is 10.2 Å². The smallest absolute Gasteiger partial charge is 0.0790 e. The van der Waals surface area contributed by atoms with Gasteiger partial charge in [-0.1, -0.05) is 69.7 Å². The fraction of sp³-hybridized carbons (Fsp3) is 0.758. The van der Waals surface area contributed by atoms with E-state index < -0.39 is 5.60 Å². The quantitative estimate of drug-likeness (QED) is 0.404. The first-order valence-corrected chi connectivity index (χ1v) is 14.8. The van der Waals surface area contributed by atoms with Gasteiger partial charge in [0.1, 0.15) is 0 Å². The third-order valence-corrected chi connectivity index (χ3v) is 12.0. The van der Waals surface area contributed by atoms with Crippen LogP contribution in [-0.4, -0.2) is 15.8 Å². The minimum Gasteiger partial charge on any atom is -0.390 e. The lowest BCUT2D eigenvalue weighted by atomic mass is 9.49. The lowest BCUT2D eigenvalue weighted by Crippen LogP contribution is -2.50. The summed E-state index contributed by atoms with van der Waals surface area (Å²) in [5, 5.41) is 21.9. The van der Waals surface area contributed by atoms with Gasteiger partial charge in [-0.05, 0) is 123 Å². The van der Waals surface area contributed by atoms with Gasteiger partial charge in [0.25, 0.3) is 0 Å². The molecule has 4 aliphatic carbocycles. The SMILES string of the molecule is CC[C@]1(O)CC[C@@]2(C)C(=CCC[C@@H]3[C@@H]4CC[C@H]([C@H](C)CCC(O)c5ccccc5)[C@@]4(C)CC[C@@H]32)C1. The number of rotatable bonds is 6. The Kier molecular flexibility index (Phi) is 7.03. The topological polar surface area (TPSA) is 40.5 Å². The van der Waals surface area contributed by atoms with Crippen LogP contribution in [0.5, 0.6) is 0 Å². The van der Waals surface area contributed by atoms with Crippen LogP contribution in [0, 0.1) is 40.4 Å². The van der Waals surface area contributed by atoms with Gasteiger partial charge in [-0.3, -0.25) is 0 Å². The van der Waals surface area contributed by atoms with Gasteiger partial charge in [0, 0.05) is 0 Å². The second-order valence-corrected chi connectivity index (χ2v) is 13.6. The second kappa shape index (κ2) is 9.64. The van der Waals surface area contributed by atoms with Crippen molar-refractivity contribution in [3.8, 4) is 0 Å². The molecule has 35 heavy (non-hydrogen) atoms. The molecule has 0 amide bonds. The van der Waals surface area contributed by atoms with E-state index in [1.165, 1.54) is 44.9 Å². The summed E-state index contributed by atoms with van der Waals surface area (Å²) >= 11 is 0. The Morgan fingerprint density at radius 1 is 0.943 bits per heavy atom. The number of hydrogen-bond acceptors (Lipinski definition) is 2. The zero-order valence-corrected chi connectivity index (χ0v) is 22.8. The van der Waals surface area contributed by atoms with Gasteiger partial charge in [-0.15, -0.1) is 0 Å². The van der Waals surface area contributed by atoms with Gasteiger partial charge in [0.2, 0.25) is 0 Å². The van der Waals surface area contributed by atoms with Crippen molar-refractivity contribution in [2.45, 2.75) is 116 Å². The molecule has 1 aromatic carbocycles. The van der Waals surface area contributed by atoms with Crippen LogP contribution in [0.2, 0.25) is 0 Å². The van der Waals surface area contributed by atoms with Crippen LogP contribution in [0.3, 0.4) is 0 Å². The number of allylic oxidation sites excluding steroid dienone is 1. The van der Waals surface area contributed by atoms with Crippen LogP contribution < -0.4 is 0 Å². The van der Waals surface area contributed by atoms with Gasteiger partial charge in [0.05, 0.1) is 11.7 Å². The molecule has 4 aliphatic rings. The Morgan fingerprint density at radius 3 is 2.46 bits per heavy atom. The summed E-state index contributed by atoms with van der Waals surface area (Å²) < 4.78 is 0. The molecule has 0 radical (unpaired) electrons. The van der Waals surface area contributed by atoms with Gasteiger partial charge in [-0.2, -0.15) is 0 Å². The van der Waals surface area contributed by atoms with Crippen molar-refractivity contribution < 1.29 is 10.2 Å². The van der Waals surface area contributed by atoms with Gasteiger partial charge < -0.3 is 10.2 Å². The van der Waals surface area contributed by atoms with E-state index >= 15 is 0 Å². The lowest BCUT2D eigenvalue weighted by molar-refractivity contribution is -0.0680. The van der Waals surface area contributed by atoms with Crippen LogP contribution >= 0.6 is 0 Å². The molecule has 2 heteroatoms. The Morgan fingerprint density at radius 2 is 1.71 bits per heavy atom. The molecular weight excluding hydrogens is 428 g/mol. The Balaban J connectivity index is 1.28. The standard InChI is InChI=1S/C33H50O2/c1-5-33(35)21-20-31(3)25(22-33)12-9-13-26-28-16-15-27(32(28,4)19-18-29(26)31)23(2)14-17-30(34)24-10-7-6-8-11-24/h6-8,10-12,23,26-30,34-35H,5,9,13-22H2,1-4H3/t23-,26-,27-,28+,29+,30?,31+,32-,33+/m1/s1. The maximum atomic E-state index is 11.1. The number of fused-ring (bicyclic) bond motifs is 5. The normalized spacial score (nSPS) is 42.7. The molecule has 1 unspecified atom stereocenters. The van der Waals surface area contributed by atoms with Gasteiger partial charge in [-0.25, -0.2) is 0 Å².